The highest BCUT2D eigenvalue weighted by Gasteiger charge is 2.29. The average molecular weight is 193 g/mol. The molecule has 14 heavy (non-hydrogen) atoms. The fraction of sp³-hybridized carbons (Fsp3) is 0.600. The molecule has 0 atom stereocenters. The molecular weight excluding hydrogens is 178 g/mol. The third kappa shape index (κ3) is 2.13. The van der Waals surface area contributed by atoms with Gasteiger partial charge in [-0.2, -0.15) is 5.10 Å². The van der Waals surface area contributed by atoms with Crippen LogP contribution in [0.3, 0.4) is 0 Å². The summed E-state index contributed by atoms with van der Waals surface area (Å²) in [6.07, 6.45) is 4.11. The van der Waals surface area contributed by atoms with Gasteiger partial charge in [-0.15, -0.1) is 0 Å². The van der Waals surface area contributed by atoms with Crippen molar-refractivity contribution < 1.29 is 4.79 Å². The fourth-order valence-corrected chi connectivity index (χ4v) is 1.40. The minimum absolute atomic E-state index is 0.111. The summed E-state index contributed by atoms with van der Waals surface area (Å²) in [6.45, 7) is 2.11. The summed E-state index contributed by atoms with van der Waals surface area (Å²) >= 11 is 0. The predicted octanol–water partition coefficient (Wildman–Crippen LogP) is 1.71. The van der Waals surface area contributed by atoms with Crippen LogP contribution in [0.1, 0.15) is 31.9 Å². The molecule has 1 amide bonds. The number of aryl methyl sites for hydroxylation is 1. The molecule has 0 saturated heterocycles. The maximum absolute atomic E-state index is 11.4. The van der Waals surface area contributed by atoms with Gasteiger partial charge in [-0.3, -0.25) is 9.89 Å². The Kier molecular flexibility index (Phi) is 2.52. The average Bonchev–Trinajstić information content (AvgIpc) is 2.92. The summed E-state index contributed by atoms with van der Waals surface area (Å²) in [7, 11) is 0. The van der Waals surface area contributed by atoms with Crippen LogP contribution in [-0.2, 0) is 11.2 Å². The lowest BCUT2D eigenvalue weighted by molar-refractivity contribution is -0.117. The van der Waals surface area contributed by atoms with E-state index < -0.39 is 0 Å². The SMILES string of the molecule is CCCc1cc(NC(=O)C2CC2)n[nH]1. The fourth-order valence-electron chi connectivity index (χ4n) is 1.40. The lowest BCUT2D eigenvalue weighted by Crippen LogP contribution is -2.13. The molecule has 1 aliphatic carbocycles. The topological polar surface area (TPSA) is 57.8 Å². The summed E-state index contributed by atoms with van der Waals surface area (Å²) in [5, 5.41) is 9.74. The number of anilines is 1. The number of nitrogens with one attached hydrogen (secondary N) is 2. The summed E-state index contributed by atoms with van der Waals surface area (Å²) in [6, 6.07) is 1.91. The van der Waals surface area contributed by atoms with E-state index in [9.17, 15) is 4.79 Å². The Morgan fingerprint density at radius 2 is 2.50 bits per heavy atom. The Bertz CT molecular complexity index is 328. The van der Waals surface area contributed by atoms with E-state index in [1.54, 1.807) is 0 Å². The molecule has 0 aromatic carbocycles. The highest BCUT2D eigenvalue weighted by Crippen LogP contribution is 2.29. The molecule has 1 aromatic heterocycles. The second kappa shape index (κ2) is 3.82. The van der Waals surface area contributed by atoms with Crippen LogP contribution in [-0.4, -0.2) is 16.1 Å². The molecule has 0 aliphatic heterocycles. The Labute approximate surface area is 83.1 Å². The number of amides is 1. The number of carbonyl (C=O) groups is 1. The molecule has 1 heterocycles. The second-order valence-corrected chi connectivity index (χ2v) is 3.79. The molecular formula is C10H15N3O. The lowest BCUT2D eigenvalue weighted by Gasteiger charge is -1.97. The number of nitrogens with zero attached hydrogens (tertiary/aromatic N) is 1. The van der Waals surface area contributed by atoms with Crippen LogP contribution >= 0.6 is 0 Å². The number of rotatable bonds is 4. The zero-order chi connectivity index (χ0) is 9.97. The Hall–Kier alpha value is -1.32. The van der Waals surface area contributed by atoms with Gasteiger partial charge in [0.15, 0.2) is 5.82 Å². The van der Waals surface area contributed by atoms with Crippen LogP contribution in [0, 0.1) is 5.92 Å². The quantitative estimate of drug-likeness (QED) is 0.764. The number of hydrogen-bond donors (Lipinski definition) is 2. The molecule has 1 aromatic rings. The first-order valence-electron chi connectivity index (χ1n) is 5.14. The maximum Gasteiger partial charge on any atom is 0.228 e. The van der Waals surface area contributed by atoms with Gasteiger partial charge in [-0.1, -0.05) is 13.3 Å². The third-order valence-electron chi connectivity index (χ3n) is 2.35. The largest absolute Gasteiger partial charge is 0.309 e. The molecule has 0 radical (unpaired) electrons. The lowest BCUT2D eigenvalue weighted by atomic mass is 10.2. The van der Waals surface area contributed by atoms with E-state index >= 15 is 0 Å². The number of aromatic amines is 1. The van der Waals surface area contributed by atoms with Crippen molar-refractivity contribution in [2.24, 2.45) is 5.92 Å². The first-order chi connectivity index (χ1) is 6.79. The normalized spacial score (nSPS) is 15.5. The molecule has 1 fully saturated rings. The Morgan fingerprint density at radius 1 is 1.71 bits per heavy atom. The van der Waals surface area contributed by atoms with E-state index in [1.165, 1.54) is 0 Å². The predicted molar refractivity (Wildman–Crippen MR) is 53.9 cm³/mol. The van der Waals surface area contributed by atoms with Crippen molar-refractivity contribution in [1.29, 1.82) is 0 Å². The van der Waals surface area contributed by atoms with E-state index in [0.717, 1.165) is 31.4 Å². The van der Waals surface area contributed by atoms with Crippen LogP contribution in [0.5, 0.6) is 0 Å². The molecule has 4 heteroatoms. The van der Waals surface area contributed by atoms with Crippen LogP contribution in [0.2, 0.25) is 0 Å². The molecule has 2 N–H and O–H groups in total. The van der Waals surface area contributed by atoms with Crippen LogP contribution < -0.4 is 5.32 Å². The van der Waals surface area contributed by atoms with Crippen molar-refractivity contribution in [2.75, 3.05) is 5.32 Å². The highest BCUT2D eigenvalue weighted by atomic mass is 16.2. The van der Waals surface area contributed by atoms with E-state index in [2.05, 4.69) is 22.4 Å². The maximum atomic E-state index is 11.4. The molecule has 1 saturated carbocycles. The van der Waals surface area contributed by atoms with E-state index in [4.69, 9.17) is 0 Å². The first kappa shape index (κ1) is 9.24. The van der Waals surface area contributed by atoms with E-state index in [1.807, 2.05) is 6.07 Å². The van der Waals surface area contributed by atoms with Crippen molar-refractivity contribution in [1.82, 2.24) is 10.2 Å². The van der Waals surface area contributed by atoms with Gasteiger partial charge in [0.1, 0.15) is 0 Å². The number of carbonyl (C=O) groups excluding carboxylic acids is 1. The van der Waals surface area contributed by atoms with Gasteiger partial charge in [-0.25, -0.2) is 0 Å². The van der Waals surface area contributed by atoms with Gasteiger partial charge in [0, 0.05) is 17.7 Å². The third-order valence-corrected chi connectivity index (χ3v) is 2.35. The van der Waals surface area contributed by atoms with Gasteiger partial charge >= 0.3 is 0 Å². The monoisotopic (exact) mass is 193 g/mol. The van der Waals surface area contributed by atoms with Crippen molar-refractivity contribution in [3.63, 3.8) is 0 Å². The summed E-state index contributed by atoms with van der Waals surface area (Å²) < 4.78 is 0. The van der Waals surface area contributed by atoms with Crippen molar-refractivity contribution in [3.8, 4) is 0 Å². The number of aromatic nitrogens is 2. The van der Waals surface area contributed by atoms with Crippen molar-refractivity contribution in [2.45, 2.75) is 32.6 Å². The van der Waals surface area contributed by atoms with Crippen LogP contribution in [0.25, 0.3) is 0 Å². The molecule has 0 unspecified atom stereocenters. The van der Waals surface area contributed by atoms with Crippen molar-refractivity contribution in [3.05, 3.63) is 11.8 Å². The summed E-state index contributed by atoms with van der Waals surface area (Å²) in [4.78, 5) is 11.4. The standard InChI is InChI=1S/C10H15N3O/c1-2-3-8-6-9(13-12-8)11-10(14)7-4-5-7/h6-7H,2-5H2,1H3,(H2,11,12,13,14). The molecule has 4 nitrogen and oxygen atoms in total. The molecule has 76 valence electrons. The molecule has 0 spiro atoms. The minimum atomic E-state index is 0.111. The van der Waals surface area contributed by atoms with Gasteiger partial charge in [0.05, 0.1) is 0 Å². The van der Waals surface area contributed by atoms with E-state index in [-0.39, 0.29) is 11.8 Å². The summed E-state index contributed by atoms with van der Waals surface area (Å²) in [5.74, 6) is 1.01. The van der Waals surface area contributed by atoms with Gasteiger partial charge in [-0.05, 0) is 19.3 Å². The van der Waals surface area contributed by atoms with Crippen LogP contribution in [0.4, 0.5) is 5.82 Å². The van der Waals surface area contributed by atoms with Gasteiger partial charge in [0.2, 0.25) is 5.91 Å². The smallest absolute Gasteiger partial charge is 0.228 e. The first-order valence-corrected chi connectivity index (χ1v) is 5.14. The minimum Gasteiger partial charge on any atom is -0.309 e. The number of hydrogen-bond acceptors (Lipinski definition) is 2. The van der Waals surface area contributed by atoms with Crippen molar-refractivity contribution >= 4 is 11.7 Å². The zero-order valence-electron chi connectivity index (χ0n) is 8.34. The van der Waals surface area contributed by atoms with Gasteiger partial charge < -0.3 is 5.32 Å². The van der Waals surface area contributed by atoms with Crippen LogP contribution in [0.15, 0.2) is 6.07 Å². The molecule has 2 rings (SSSR count). The highest BCUT2D eigenvalue weighted by molar-refractivity contribution is 5.93. The molecule has 1 aliphatic rings. The number of H-pyrrole nitrogens is 1. The zero-order valence-corrected chi connectivity index (χ0v) is 8.34. The van der Waals surface area contributed by atoms with E-state index in [0.29, 0.717) is 5.82 Å². The summed E-state index contributed by atoms with van der Waals surface area (Å²) in [5.41, 5.74) is 1.08. The second-order valence-electron chi connectivity index (χ2n) is 3.79. The Morgan fingerprint density at radius 3 is 3.14 bits per heavy atom. The molecule has 0 bridgehead atoms. The Balaban J connectivity index is 1.91. The van der Waals surface area contributed by atoms with Gasteiger partial charge in [0.25, 0.3) is 0 Å².